The van der Waals surface area contributed by atoms with Crippen LogP contribution in [0, 0.1) is 4.77 Å². The zero-order chi connectivity index (χ0) is 15.5. The Hall–Kier alpha value is -1.95. The maximum absolute atomic E-state index is 12.6. The molecular formula is C16H20N4OS. The average molecular weight is 316 g/mol. The van der Waals surface area contributed by atoms with Gasteiger partial charge < -0.3 is 4.90 Å². The van der Waals surface area contributed by atoms with Gasteiger partial charge in [0.2, 0.25) is 5.91 Å². The summed E-state index contributed by atoms with van der Waals surface area (Å²) >= 11 is 5.24. The normalized spacial score (nSPS) is 14.0. The highest BCUT2D eigenvalue weighted by Gasteiger charge is 2.21. The lowest BCUT2D eigenvalue weighted by atomic mass is 10.00. The van der Waals surface area contributed by atoms with Gasteiger partial charge in [0.05, 0.1) is 0 Å². The van der Waals surface area contributed by atoms with E-state index in [1.165, 1.54) is 11.1 Å². The SMILES string of the molecule is CCCc1n[nH]c(=S)n1CC(=O)N1CCc2ccccc2C1. The number of aryl methyl sites for hydroxylation is 1. The molecule has 0 spiro atoms. The number of H-pyrrole nitrogens is 1. The van der Waals surface area contributed by atoms with Crippen molar-refractivity contribution in [1.29, 1.82) is 0 Å². The second-order valence-corrected chi connectivity index (χ2v) is 6.00. The number of hydrogen-bond acceptors (Lipinski definition) is 3. The van der Waals surface area contributed by atoms with Crippen molar-refractivity contribution in [3.8, 4) is 0 Å². The maximum atomic E-state index is 12.6. The predicted molar refractivity (Wildman–Crippen MR) is 87.0 cm³/mol. The molecule has 1 aromatic heterocycles. The van der Waals surface area contributed by atoms with Crippen molar-refractivity contribution in [2.75, 3.05) is 6.54 Å². The van der Waals surface area contributed by atoms with E-state index in [4.69, 9.17) is 12.2 Å². The Labute approximate surface area is 135 Å². The molecule has 1 amide bonds. The lowest BCUT2D eigenvalue weighted by Gasteiger charge is -2.29. The van der Waals surface area contributed by atoms with Crippen LogP contribution in [0.2, 0.25) is 0 Å². The molecule has 0 atom stereocenters. The molecule has 6 heteroatoms. The van der Waals surface area contributed by atoms with E-state index >= 15 is 0 Å². The van der Waals surface area contributed by atoms with Crippen molar-refractivity contribution in [2.24, 2.45) is 0 Å². The Morgan fingerprint density at radius 3 is 2.91 bits per heavy atom. The third-order valence-electron chi connectivity index (χ3n) is 4.09. The zero-order valence-corrected chi connectivity index (χ0v) is 13.5. The summed E-state index contributed by atoms with van der Waals surface area (Å²) < 4.78 is 2.34. The smallest absolute Gasteiger partial charge is 0.242 e. The van der Waals surface area contributed by atoms with Gasteiger partial charge in [-0.1, -0.05) is 31.2 Å². The van der Waals surface area contributed by atoms with E-state index < -0.39 is 0 Å². The van der Waals surface area contributed by atoms with Gasteiger partial charge in [-0.25, -0.2) is 0 Å². The fourth-order valence-corrected chi connectivity index (χ4v) is 3.09. The Kier molecular flexibility index (Phi) is 4.38. The molecule has 22 heavy (non-hydrogen) atoms. The van der Waals surface area contributed by atoms with Crippen molar-refractivity contribution in [3.63, 3.8) is 0 Å². The number of aromatic amines is 1. The number of benzene rings is 1. The second-order valence-electron chi connectivity index (χ2n) is 5.62. The van der Waals surface area contributed by atoms with E-state index in [1.54, 1.807) is 0 Å². The van der Waals surface area contributed by atoms with Crippen LogP contribution in [-0.2, 0) is 30.7 Å². The van der Waals surface area contributed by atoms with Crippen LogP contribution >= 0.6 is 12.2 Å². The van der Waals surface area contributed by atoms with Crippen molar-refractivity contribution >= 4 is 18.1 Å². The highest BCUT2D eigenvalue weighted by molar-refractivity contribution is 7.71. The number of aromatic nitrogens is 3. The molecule has 1 aliphatic rings. The number of nitrogens with one attached hydrogen (secondary N) is 1. The molecule has 0 fully saturated rings. The van der Waals surface area contributed by atoms with E-state index in [-0.39, 0.29) is 12.5 Å². The minimum absolute atomic E-state index is 0.101. The van der Waals surface area contributed by atoms with Gasteiger partial charge in [-0.3, -0.25) is 14.5 Å². The molecule has 2 heterocycles. The molecule has 2 aromatic rings. The quantitative estimate of drug-likeness (QED) is 0.882. The predicted octanol–water partition coefficient (Wildman–Crippen LogP) is 2.48. The second kappa shape index (κ2) is 6.44. The minimum Gasteiger partial charge on any atom is -0.336 e. The Morgan fingerprint density at radius 2 is 2.14 bits per heavy atom. The standard InChI is InChI=1S/C16H20N4OS/c1-2-5-14-17-18-16(22)20(14)11-15(21)19-9-8-12-6-3-4-7-13(12)10-19/h3-4,6-7H,2,5,8-11H2,1H3,(H,18,22). The number of carbonyl (C=O) groups is 1. The molecular weight excluding hydrogens is 296 g/mol. The molecule has 0 bridgehead atoms. The minimum atomic E-state index is 0.101. The Balaban J connectivity index is 1.74. The third-order valence-corrected chi connectivity index (χ3v) is 4.40. The first-order valence-corrected chi connectivity index (χ1v) is 8.08. The zero-order valence-electron chi connectivity index (χ0n) is 12.7. The Morgan fingerprint density at radius 1 is 1.36 bits per heavy atom. The van der Waals surface area contributed by atoms with E-state index in [0.29, 0.717) is 11.3 Å². The van der Waals surface area contributed by atoms with Crippen LogP contribution in [0.25, 0.3) is 0 Å². The molecule has 1 aliphatic heterocycles. The van der Waals surface area contributed by atoms with Crippen molar-refractivity contribution in [2.45, 2.75) is 39.3 Å². The number of hydrogen-bond donors (Lipinski definition) is 1. The lowest BCUT2D eigenvalue weighted by molar-refractivity contribution is -0.132. The number of fused-ring (bicyclic) bond motifs is 1. The summed E-state index contributed by atoms with van der Waals surface area (Å²) in [6.45, 7) is 3.81. The third kappa shape index (κ3) is 2.97. The first-order valence-electron chi connectivity index (χ1n) is 7.67. The van der Waals surface area contributed by atoms with Gasteiger partial charge in [0.15, 0.2) is 4.77 Å². The van der Waals surface area contributed by atoms with Crippen LogP contribution in [-0.4, -0.2) is 32.1 Å². The molecule has 0 aliphatic carbocycles. The van der Waals surface area contributed by atoms with Crippen LogP contribution in [0.1, 0.15) is 30.3 Å². The number of amides is 1. The van der Waals surface area contributed by atoms with E-state index in [2.05, 4.69) is 35.3 Å². The molecule has 0 radical (unpaired) electrons. The van der Waals surface area contributed by atoms with Gasteiger partial charge in [0, 0.05) is 19.5 Å². The van der Waals surface area contributed by atoms with E-state index in [0.717, 1.165) is 31.6 Å². The van der Waals surface area contributed by atoms with Crippen molar-refractivity contribution in [3.05, 3.63) is 46.0 Å². The van der Waals surface area contributed by atoms with Crippen LogP contribution in [0.15, 0.2) is 24.3 Å². The fourth-order valence-electron chi connectivity index (χ4n) is 2.87. The molecule has 0 saturated heterocycles. The summed E-state index contributed by atoms with van der Waals surface area (Å²) in [6, 6.07) is 8.32. The fraction of sp³-hybridized carbons (Fsp3) is 0.438. The first kappa shape index (κ1) is 15.0. The maximum Gasteiger partial charge on any atom is 0.242 e. The summed E-state index contributed by atoms with van der Waals surface area (Å²) in [7, 11) is 0. The van der Waals surface area contributed by atoms with Gasteiger partial charge in [-0.05, 0) is 36.2 Å². The number of nitrogens with zero attached hydrogens (tertiary/aromatic N) is 3. The molecule has 5 nitrogen and oxygen atoms in total. The van der Waals surface area contributed by atoms with Crippen molar-refractivity contribution in [1.82, 2.24) is 19.7 Å². The monoisotopic (exact) mass is 316 g/mol. The van der Waals surface area contributed by atoms with E-state index in [9.17, 15) is 4.79 Å². The van der Waals surface area contributed by atoms with E-state index in [1.807, 2.05) is 15.5 Å². The summed E-state index contributed by atoms with van der Waals surface area (Å²) in [4.78, 5) is 14.5. The molecule has 1 aromatic carbocycles. The van der Waals surface area contributed by atoms with Crippen molar-refractivity contribution < 1.29 is 4.79 Å². The van der Waals surface area contributed by atoms with Gasteiger partial charge in [0.1, 0.15) is 12.4 Å². The van der Waals surface area contributed by atoms with Gasteiger partial charge in [0.25, 0.3) is 0 Å². The summed E-state index contributed by atoms with van der Waals surface area (Å²) in [6.07, 6.45) is 2.72. The highest BCUT2D eigenvalue weighted by atomic mass is 32.1. The van der Waals surface area contributed by atoms with Gasteiger partial charge in [-0.2, -0.15) is 5.10 Å². The number of rotatable bonds is 4. The molecule has 3 rings (SSSR count). The summed E-state index contributed by atoms with van der Waals surface area (Å²) in [5.74, 6) is 0.961. The van der Waals surface area contributed by atoms with Gasteiger partial charge in [-0.15, -0.1) is 0 Å². The largest absolute Gasteiger partial charge is 0.336 e. The van der Waals surface area contributed by atoms with Crippen LogP contribution in [0.4, 0.5) is 0 Å². The summed E-state index contributed by atoms with van der Waals surface area (Å²) in [5, 5.41) is 7.01. The summed E-state index contributed by atoms with van der Waals surface area (Å²) in [5.41, 5.74) is 2.59. The topological polar surface area (TPSA) is 53.9 Å². The first-order chi connectivity index (χ1) is 10.7. The number of carbonyl (C=O) groups excluding carboxylic acids is 1. The molecule has 1 N–H and O–H groups in total. The average Bonchev–Trinajstić information content (AvgIpc) is 2.88. The van der Waals surface area contributed by atoms with Crippen LogP contribution < -0.4 is 0 Å². The lowest BCUT2D eigenvalue weighted by Crippen LogP contribution is -2.38. The van der Waals surface area contributed by atoms with Crippen LogP contribution in [0.5, 0.6) is 0 Å². The highest BCUT2D eigenvalue weighted by Crippen LogP contribution is 2.19. The molecule has 116 valence electrons. The molecule has 0 unspecified atom stereocenters. The van der Waals surface area contributed by atoms with Crippen LogP contribution in [0.3, 0.4) is 0 Å². The molecule has 0 saturated carbocycles. The van der Waals surface area contributed by atoms with Gasteiger partial charge >= 0.3 is 0 Å². The Bertz CT molecular complexity index is 734.